The fraction of sp³-hybridized carbons (Fsp3) is 0.194. The lowest BCUT2D eigenvalue weighted by molar-refractivity contribution is -0.140. The first-order chi connectivity index (χ1) is 21.4. The van der Waals surface area contributed by atoms with Gasteiger partial charge in [-0.05, 0) is 66.1 Å². The van der Waals surface area contributed by atoms with Gasteiger partial charge in [-0.3, -0.25) is 9.36 Å². The molecule has 14 heteroatoms. The van der Waals surface area contributed by atoms with E-state index in [9.17, 15) is 22.8 Å². The number of alkyl halides is 3. The Kier molecular flexibility index (Phi) is 9.64. The smallest absolute Gasteiger partial charge is 0.434 e. The summed E-state index contributed by atoms with van der Waals surface area (Å²) < 4.78 is 60.4. The van der Waals surface area contributed by atoms with Crippen LogP contribution < -0.4 is 24.4 Å². The number of carbonyl (C=O) groups is 1. The minimum atomic E-state index is -5.02. The predicted molar refractivity (Wildman–Crippen MR) is 166 cm³/mol. The highest BCUT2D eigenvalue weighted by atomic mass is 35.5. The van der Waals surface area contributed by atoms with E-state index in [-0.39, 0.29) is 44.6 Å². The second-order valence-corrected chi connectivity index (χ2v) is 11.9. The second-order valence-electron chi connectivity index (χ2n) is 9.56. The maximum atomic E-state index is 14.3. The van der Waals surface area contributed by atoms with Crippen molar-refractivity contribution in [1.82, 2.24) is 4.57 Å². The molecule has 1 aliphatic rings. The predicted octanol–water partition coefficient (Wildman–Crippen LogP) is 6.89. The number of rotatable bonds is 8. The molecule has 0 bridgehead atoms. The highest BCUT2D eigenvalue weighted by molar-refractivity contribution is 7.07. The molecule has 0 radical (unpaired) electrons. The molecule has 0 saturated heterocycles. The molecule has 5 rings (SSSR count). The summed E-state index contributed by atoms with van der Waals surface area (Å²) >= 11 is 19.2. The van der Waals surface area contributed by atoms with Crippen LogP contribution in [0.25, 0.3) is 6.08 Å². The zero-order valence-corrected chi connectivity index (χ0v) is 26.5. The Morgan fingerprint density at radius 2 is 1.69 bits per heavy atom. The van der Waals surface area contributed by atoms with E-state index in [4.69, 9.17) is 49.0 Å². The first kappa shape index (κ1) is 32.6. The van der Waals surface area contributed by atoms with E-state index in [1.807, 2.05) is 0 Å². The van der Waals surface area contributed by atoms with Crippen molar-refractivity contribution in [3.05, 3.63) is 123 Å². The maximum absolute atomic E-state index is 14.3. The SMILES string of the molecule is CCOC(=O)C1=C(C(F)(F)F)N=c2s/c(=C\c3cc(Cl)c(OCc4ccc(Cl)cc4)c(OC)c3)c(=O)n2[C@H]1c1ccc(Cl)cc1. The highest BCUT2D eigenvalue weighted by Crippen LogP contribution is 2.39. The minimum Gasteiger partial charge on any atom is -0.493 e. The van der Waals surface area contributed by atoms with Crippen molar-refractivity contribution in [2.75, 3.05) is 13.7 Å². The third kappa shape index (κ3) is 6.91. The Bertz CT molecular complexity index is 1970. The second kappa shape index (κ2) is 13.3. The molecule has 0 aliphatic carbocycles. The molecule has 4 aromatic rings. The van der Waals surface area contributed by atoms with Crippen LogP contribution >= 0.6 is 46.1 Å². The summed E-state index contributed by atoms with van der Waals surface area (Å²) in [5.41, 5.74) is -1.49. The highest BCUT2D eigenvalue weighted by Gasteiger charge is 2.45. The standard InChI is InChI=1S/C31H22Cl3F3N2O5S/c1-3-43-29(41)24-25(18-6-10-20(33)11-7-18)39-28(40)23(45-30(39)38-27(24)31(35,36)37)14-17-12-21(34)26(22(13-17)42-2)44-15-16-4-8-19(32)9-5-16/h4-14,25H,3,15H2,1-2H3/b23-14-/t25-/m0/s1. The number of halogens is 6. The number of hydrogen-bond acceptors (Lipinski definition) is 7. The molecule has 1 atom stereocenters. The summed E-state index contributed by atoms with van der Waals surface area (Å²) in [4.78, 5) is 30.3. The van der Waals surface area contributed by atoms with Gasteiger partial charge < -0.3 is 14.2 Å². The van der Waals surface area contributed by atoms with Gasteiger partial charge in [0.15, 0.2) is 22.0 Å². The number of carbonyl (C=O) groups excluding carboxylic acids is 1. The fourth-order valence-electron chi connectivity index (χ4n) is 4.65. The van der Waals surface area contributed by atoms with Crippen LogP contribution in [0.1, 0.15) is 29.7 Å². The Morgan fingerprint density at radius 1 is 1.04 bits per heavy atom. The lowest BCUT2D eigenvalue weighted by atomic mass is 9.95. The number of nitrogens with zero attached hydrogens (tertiary/aromatic N) is 2. The van der Waals surface area contributed by atoms with Crippen LogP contribution in [-0.2, 0) is 16.1 Å². The molecule has 2 heterocycles. The minimum absolute atomic E-state index is 0.0345. The number of hydrogen-bond donors (Lipinski definition) is 0. The molecule has 0 amide bonds. The van der Waals surface area contributed by atoms with E-state index < -0.39 is 35.0 Å². The summed E-state index contributed by atoms with van der Waals surface area (Å²) in [7, 11) is 1.42. The van der Waals surface area contributed by atoms with Crippen molar-refractivity contribution in [1.29, 1.82) is 0 Å². The van der Waals surface area contributed by atoms with E-state index in [0.717, 1.165) is 21.5 Å². The zero-order valence-electron chi connectivity index (χ0n) is 23.5. The van der Waals surface area contributed by atoms with Gasteiger partial charge in [0.1, 0.15) is 6.61 Å². The first-order valence-electron chi connectivity index (χ1n) is 13.2. The Balaban J connectivity index is 1.63. The number of ether oxygens (including phenoxy) is 3. The number of thiazole rings is 1. The molecule has 3 aromatic carbocycles. The maximum Gasteiger partial charge on any atom is 0.434 e. The van der Waals surface area contributed by atoms with Crippen LogP contribution in [0.5, 0.6) is 11.5 Å². The van der Waals surface area contributed by atoms with Crippen molar-refractivity contribution >= 4 is 58.2 Å². The van der Waals surface area contributed by atoms with E-state index in [0.29, 0.717) is 15.6 Å². The van der Waals surface area contributed by atoms with Crippen LogP contribution in [0, 0.1) is 0 Å². The fourth-order valence-corrected chi connectivity index (χ4v) is 6.18. The van der Waals surface area contributed by atoms with Crippen molar-refractivity contribution in [3.8, 4) is 11.5 Å². The Hall–Kier alpha value is -3.77. The third-order valence-corrected chi connectivity index (χ3v) is 8.39. The molecule has 1 aliphatic heterocycles. The van der Waals surface area contributed by atoms with Gasteiger partial charge in [0.2, 0.25) is 0 Å². The summed E-state index contributed by atoms with van der Waals surface area (Å²) in [6.45, 7) is 1.44. The van der Waals surface area contributed by atoms with Crippen molar-refractivity contribution in [2.45, 2.75) is 25.7 Å². The molecule has 7 nitrogen and oxygen atoms in total. The average molecular weight is 698 g/mol. The van der Waals surface area contributed by atoms with Crippen LogP contribution in [0.4, 0.5) is 13.2 Å². The number of fused-ring (bicyclic) bond motifs is 1. The van der Waals surface area contributed by atoms with Gasteiger partial charge in [-0.2, -0.15) is 13.2 Å². The Morgan fingerprint density at radius 3 is 2.29 bits per heavy atom. The molecule has 0 fully saturated rings. The van der Waals surface area contributed by atoms with Gasteiger partial charge in [0, 0.05) is 10.0 Å². The largest absolute Gasteiger partial charge is 0.493 e. The average Bonchev–Trinajstić information content (AvgIpc) is 3.30. The van der Waals surface area contributed by atoms with Crippen LogP contribution in [0.15, 0.2) is 81.7 Å². The Labute approximate surface area is 273 Å². The number of benzene rings is 3. The zero-order chi connectivity index (χ0) is 32.5. The topological polar surface area (TPSA) is 79.1 Å². The molecule has 0 unspecified atom stereocenters. The molecule has 234 valence electrons. The molecule has 0 spiro atoms. The van der Waals surface area contributed by atoms with E-state index in [1.165, 1.54) is 50.4 Å². The molecule has 0 N–H and O–H groups in total. The van der Waals surface area contributed by atoms with E-state index >= 15 is 0 Å². The molecular formula is C31H22Cl3F3N2O5S. The summed E-state index contributed by atoms with van der Waals surface area (Å²) in [6.07, 6.45) is -3.58. The van der Waals surface area contributed by atoms with Gasteiger partial charge in [-0.1, -0.05) is 70.4 Å². The van der Waals surface area contributed by atoms with Crippen LogP contribution in [0.2, 0.25) is 15.1 Å². The first-order valence-corrected chi connectivity index (χ1v) is 15.2. The molecule has 1 aromatic heterocycles. The van der Waals surface area contributed by atoms with Gasteiger partial charge in [0.05, 0.1) is 34.9 Å². The van der Waals surface area contributed by atoms with Crippen molar-refractivity contribution < 1.29 is 32.2 Å². The quantitative estimate of drug-likeness (QED) is 0.188. The number of esters is 1. The van der Waals surface area contributed by atoms with Crippen LogP contribution in [-0.4, -0.2) is 30.4 Å². The van der Waals surface area contributed by atoms with Gasteiger partial charge >= 0.3 is 12.1 Å². The number of aromatic nitrogens is 1. The normalized spacial score (nSPS) is 15.0. The number of allylic oxidation sites excluding steroid dienone is 1. The molecule has 0 saturated carbocycles. The summed E-state index contributed by atoms with van der Waals surface area (Å²) in [5.74, 6) is -0.726. The van der Waals surface area contributed by atoms with Crippen molar-refractivity contribution in [2.24, 2.45) is 4.99 Å². The molecular weight excluding hydrogens is 676 g/mol. The van der Waals surface area contributed by atoms with E-state index in [1.54, 1.807) is 30.3 Å². The van der Waals surface area contributed by atoms with Gasteiger partial charge in [-0.25, -0.2) is 9.79 Å². The van der Waals surface area contributed by atoms with Crippen LogP contribution in [0.3, 0.4) is 0 Å². The van der Waals surface area contributed by atoms with E-state index in [2.05, 4.69) is 4.99 Å². The third-order valence-electron chi connectivity index (χ3n) is 6.63. The molecule has 45 heavy (non-hydrogen) atoms. The summed E-state index contributed by atoms with van der Waals surface area (Å²) in [6, 6.07) is 14.4. The monoisotopic (exact) mass is 696 g/mol. The van der Waals surface area contributed by atoms with Gasteiger partial charge in [-0.15, -0.1) is 0 Å². The lowest BCUT2D eigenvalue weighted by Gasteiger charge is -2.26. The lowest BCUT2D eigenvalue weighted by Crippen LogP contribution is -2.41. The number of methoxy groups -OCH3 is 1. The summed E-state index contributed by atoms with van der Waals surface area (Å²) in [5, 5.41) is 1.07. The van der Waals surface area contributed by atoms with Gasteiger partial charge in [0.25, 0.3) is 5.56 Å². The van der Waals surface area contributed by atoms with Crippen molar-refractivity contribution in [3.63, 3.8) is 0 Å².